The van der Waals surface area contributed by atoms with Crippen molar-refractivity contribution in [3.63, 3.8) is 0 Å². The second-order valence-electron chi connectivity index (χ2n) is 4.44. The first-order valence-corrected chi connectivity index (χ1v) is 6.76. The van der Waals surface area contributed by atoms with E-state index in [0.29, 0.717) is 28.4 Å². The fourth-order valence-corrected chi connectivity index (χ4v) is 2.03. The van der Waals surface area contributed by atoms with Gasteiger partial charge in [0, 0.05) is 19.2 Å². The first-order valence-electron chi connectivity index (χ1n) is 6.38. The summed E-state index contributed by atoms with van der Waals surface area (Å²) in [6, 6.07) is 14.4. The molecule has 0 aromatic heterocycles. The summed E-state index contributed by atoms with van der Waals surface area (Å²) >= 11 is 6.08. The third-order valence-corrected chi connectivity index (χ3v) is 3.35. The van der Waals surface area contributed by atoms with Crippen LogP contribution in [0.2, 0.25) is 5.02 Å². The molecule has 0 fully saturated rings. The minimum Gasteiger partial charge on any atom is -0.380 e. The van der Waals surface area contributed by atoms with Crippen molar-refractivity contribution in [1.29, 1.82) is 5.26 Å². The highest BCUT2D eigenvalue weighted by Crippen LogP contribution is 2.23. The van der Waals surface area contributed by atoms with Crippen molar-refractivity contribution in [2.24, 2.45) is 0 Å². The van der Waals surface area contributed by atoms with Gasteiger partial charge in [-0.1, -0.05) is 23.7 Å². The number of carbonyl (C=O) groups is 1. The standard InChI is InChI=1S/C16H14ClN3O/c1-19-16(21)13-5-2-11(3-6-13)10-20-15-8-12(9-18)4-7-14(15)17/h2-8,20H,10H2,1H3,(H,19,21). The molecule has 0 saturated heterocycles. The molecule has 0 aliphatic carbocycles. The van der Waals surface area contributed by atoms with E-state index in [-0.39, 0.29) is 5.91 Å². The Hall–Kier alpha value is -2.51. The molecule has 0 aliphatic rings. The summed E-state index contributed by atoms with van der Waals surface area (Å²) in [5, 5.41) is 15.2. The average Bonchev–Trinajstić information content (AvgIpc) is 2.54. The van der Waals surface area contributed by atoms with Crippen LogP contribution >= 0.6 is 11.6 Å². The third-order valence-electron chi connectivity index (χ3n) is 3.02. The van der Waals surface area contributed by atoms with Gasteiger partial charge in [0.05, 0.1) is 22.3 Å². The van der Waals surface area contributed by atoms with E-state index in [1.165, 1.54) is 0 Å². The molecule has 2 rings (SSSR count). The molecule has 0 atom stereocenters. The van der Waals surface area contributed by atoms with Gasteiger partial charge in [0.1, 0.15) is 0 Å². The Bertz CT molecular complexity index is 690. The summed E-state index contributed by atoms with van der Waals surface area (Å²) in [4.78, 5) is 11.4. The second kappa shape index (κ2) is 6.78. The van der Waals surface area contributed by atoms with Crippen LogP contribution in [0.25, 0.3) is 0 Å². The van der Waals surface area contributed by atoms with Gasteiger partial charge in [-0.3, -0.25) is 4.79 Å². The van der Waals surface area contributed by atoms with E-state index in [9.17, 15) is 4.79 Å². The van der Waals surface area contributed by atoms with Crippen LogP contribution in [-0.4, -0.2) is 13.0 Å². The highest BCUT2D eigenvalue weighted by atomic mass is 35.5. The lowest BCUT2D eigenvalue weighted by atomic mass is 10.1. The van der Waals surface area contributed by atoms with E-state index in [1.54, 1.807) is 37.4 Å². The van der Waals surface area contributed by atoms with Crippen LogP contribution in [0.15, 0.2) is 42.5 Å². The lowest BCUT2D eigenvalue weighted by Crippen LogP contribution is -2.17. The Morgan fingerprint density at radius 1 is 1.24 bits per heavy atom. The molecule has 0 heterocycles. The molecule has 0 spiro atoms. The van der Waals surface area contributed by atoms with Crippen LogP contribution in [0.4, 0.5) is 5.69 Å². The molecular weight excluding hydrogens is 286 g/mol. The van der Waals surface area contributed by atoms with Crippen molar-refractivity contribution >= 4 is 23.2 Å². The number of halogens is 1. The zero-order valence-corrected chi connectivity index (χ0v) is 12.2. The van der Waals surface area contributed by atoms with Crippen LogP contribution < -0.4 is 10.6 Å². The maximum absolute atomic E-state index is 11.4. The maximum atomic E-state index is 11.4. The molecule has 0 saturated carbocycles. The lowest BCUT2D eigenvalue weighted by molar-refractivity contribution is 0.0963. The van der Waals surface area contributed by atoms with Crippen molar-refractivity contribution in [1.82, 2.24) is 5.32 Å². The molecule has 4 nitrogen and oxygen atoms in total. The minimum absolute atomic E-state index is 0.112. The van der Waals surface area contributed by atoms with E-state index >= 15 is 0 Å². The molecule has 2 aromatic carbocycles. The number of benzene rings is 2. The molecule has 2 aromatic rings. The summed E-state index contributed by atoms with van der Waals surface area (Å²) < 4.78 is 0. The highest BCUT2D eigenvalue weighted by Gasteiger charge is 2.04. The fraction of sp³-hybridized carbons (Fsp3) is 0.125. The largest absolute Gasteiger partial charge is 0.380 e. The third kappa shape index (κ3) is 3.74. The van der Waals surface area contributed by atoms with Crippen LogP contribution in [-0.2, 0) is 6.54 Å². The number of anilines is 1. The summed E-state index contributed by atoms with van der Waals surface area (Å²) in [5.74, 6) is -0.112. The number of nitrogens with zero attached hydrogens (tertiary/aromatic N) is 1. The van der Waals surface area contributed by atoms with Crippen molar-refractivity contribution in [2.45, 2.75) is 6.54 Å². The minimum atomic E-state index is -0.112. The van der Waals surface area contributed by atoms with Gasteiger partial charge < -0.3 is 10.6 Å². The Balaban J connectivity index is 2.06. The molecule has 0 unspecified atom stereocenters. The highest BCUT2D eigenvalue weighted by molar-refractivity contribution is 6.33. The normalized spacial score (nSPS) is 9.76. The van der Waals surface area contributed by atoms with Crippen molar-refractivity contribution in [3.8, 4) is 6.07 Å². The first kappa shape index (κ1) is 14.9. The first-order chi connectivity index (χ1) is 10.1. The van der Waals surface area contributed by atoms with Crippen molar-refractivity contribution < 1.29 is 4.79 Å². The molecule has 21 heavy (non-hydrogen) atoms. The monoisotopic (exact) mass is 299 g/mol. The number of hydrogen-bond donors (Lipinski definition) is 2. The molecule has 1 amide bonds. The Labute approximate surface area is 128 Å². The predicted molar refractivity (Wildman–Crippen MR) is 83.3 cm³/mol. The van der Waals surface area contributed by atoms with E-state index in [1.807, 2.05) is 12.1 Å². The molecule has 0 radical (unpaired) electrons. The summed E-state index contributed by atoms with van der Waals surface area (Å²) in [6.45, 7) is 0.558. The van der Waals surface area contributed by atoms with Crippen LogP contribution in [0.5, 0.6) is 0 Å². The number of nitriles is 1. The predicted octanol–water partition coefficient (Wildman–Crippen LogP) is 3.18. The van der Waals surface area contributed by atoms with Gasteiger partial charge >= 0.3 is 0 Å². The molecule has 0 bridgehead atoms. The van der Waals surface area contributed by atoms with Gasteiger partial charge in [-0.25, -0.2) is 0 Å². The smallest absolute Gasteiger partial charge is 0.251 e. The Kier molecular flexibility index (Phi) is 4.81. The topological polar surface area (TPSA) is 64.9 Å². The quantitative estimate of drug-likeness (QED) is 0.911. The summed E-state index contributed by atoms with van der Waals surface area (Å²) in [6.07, 6.45) is 0. The SMILES string of the molecule is CNC(=O)c1ccc(CNc2cc(C#N)ccc2Cl)cc1. The van der Waals surface area contributed by atoms with Gasteiger partial charge in [-0.05, 0) is 35.9 Å². The fourth-order valence-electron chi connectivity index (χ4n) is 1.85. The Morgan fingerprint density at radius 3 is 2.57 bits per heavy atom. The van der Waals surface area contributed by atoms with Gasteiger partial charge in [-0.2, -0.15) is 5.26 Å². The Morgan fingerprint density at radius 2 is 1.95 bits per heavy atom. The van der Waals surface area contributed by atoms with Crippen molar-refractivity contribution in [3.05, 3.63) is 64.2 Å². The molecule has 2 N–H and O–H groups in total. The summed E-state index contributed by atoms with van der Waals surface area (Å²) in [5.41, 5.74) is 2.90. The van der Waals surface area contributed by atoms with Gasteiger partial charge in [0.15, 0.2) is 0 Å². The van der Waals surface area contributed by atoms with E-state index in [4.69, 9.17) is 16.9 Å². The maximum Gasteiger partial charge on any atom is 0.251 e. The number of carbonyl (C=O) groups excluding carboxylic acids is 1. The molecule has 0 aliphatic heterocycles. The number of amides is 1. The van der Waals surface area contributed by atoms with Crippen LogP contribution in [0.3, 0.4) is 0 Å². The zero-order chi connectivity index (χ0) is 15.2. The number of hydrogen-bond acceptors (Lipinski definition) is 3. The summed E-state index contributed by atoms with van der Waals surface area (Å²) in [7, 11) is 1.60. The molecule has 5 heteroatoms. The van der Waals surface area contributed by atoms with Crippen LogP contribution in [0.1, 0.15) is 21.5 Å². The molecule has 106 valence electrons. The van der Waals surface area contributed by atoms with Crippen molar-refractivity contribution in [2.75, 3.05) is 12.4 Å². The second-order valence-corrected chi connectivity index (χ2v) is 4.84. The van der Waals surface area contributed by atoms with E-state index in [2.05, 4.69) is 16.7 Å². The van der Waals surface area contributed by atoms with E-state index < -0.39 is 0 Å². The van der Waals surface area contributed by atoms with Gasteiger partial charge in [-0.15, -0.1) is 0 Å². The number of rotatable bonds is 4. The zero-order valence-electron chi connectivity index (χ0n) is 11.5. The lowest BCUT2D eigenvalue weighted by Gasteiger charge is -2.09. The molecular formula is C16H14ClN3O. The number of nitrogens with one attached hydrogen (secondary N) is 2. The van der Waals surface area contributed by atoms with E-state index in [0.717, 1.165) is 5.56 Å². The average molecular weight is 300 g/mol. The van der Waals surface area contributed by atoms with Gasteiger partial charge in [0.25, 0.3) is 5.91 Å². The van der Waals surface area contributed by atoms with Gasteiger partial charge in [0.2, 0.25) is 0 Å². The van der Waals surface area contributed by atoms with Crippen LogP contribution in [0, 0.1) is 11.3 Å².